The second-order valence-corrected chi connectivity index (χ2v) is 3.84. The molecule has 1 aromatic rings. The molecule has 0 saturated carbocycles. The van der Waals surface area contributed by atoms with Crippen LogP contribution < -0.4 is 0 Å². The van der Waals surface area contributed by atoms with Gasteiger partial charge in [-0.3, -0.25) is 4.79 Å². The third kappa shape index (κ3) is 2.59. The predicted molar refractivity (Wildman–Crippen MR) is 56.4 cm³/mol. The quantitative estimate of drug-likeness (QED) is 0.798. The first-order valence-corrected chi connectivity index (χ1v) is 4.79. The van der Waals surface area contributed by atoms with E-state index in [9.17, 15) is 9.90 Å². The Morgan fingerprint density at radius 1 is 1.50 bits per heavy atom. The molecule has 0 fully saturated rings. The Morgan fingerprint density at radius 3 is 2.64 bits per heavy atom. The number of aryl methyl sites for hydroxylation is 1. The molecule has 0 unspecified atom stereocenters. The first kappa shape index (κ1) is 10.8. The zero-order chi connectivity index (χ0) is 10.7. The third-order valence-corrected chi connectivity index (χ3v) is 2.50. The molecule has 0 amide bonds. The molecule has 0 aliphatic carbocycles. The Morgan fingerprint density at radius 2 is 2.14 bits per heavy atom. The second kappa shape index (κ2) is 4.27. The van der Waals surface area contributed by atoms with Gasteiger partial charge in [-0.15, -0.1) is 0 Å². The molecule has 0 aromatic heterocycles. The van der Waals surface area contributed by atoms with Gasteiger partial charge >= 0.3 is 0 Å². The number of hydrogen-bond acceptors (Lipinski definition) is 2. The molecule has 0 heterocycles. The minimum Gasteiger partial charge on any atom is -0.508 e. The van der Waals surface area contributed by atoms with Crippen molar-refractivity contribution in [1.82, 2.24) is 0 Å². The van der Waals surface area contributed by atoms with Gasteiger partial charge in [0.2, 0.25) is 0 Å². The van der Waals surface area contributed by atoms with E-state index in [1.165, 1.54) is 0 Å². The molecule has 0 spiro atoms. The van der Waals surface area contributed by atoms with Crippen LogP contribution in [0.15, 0.2) is 18.2 Å². The van der Waals surface area contributed by atoms with Gasteiger partial charge in [-0.1, -0.05) is 19.1 Å². The molecule has 1 N–H and O–H groups in total. The summed E-state index contributed by atoms with van der Waals surface area (Å²) in [6, 6.07) is 5.47. The van der Waals surface area contributed by atoms with E-state index in [0.29, 0.717) is 5.75 Å². The molecule has 0 bridgehead atoms. The van der Waals surface area contributed by atoms with Gasteiger partial charge in [0.15, 0.2) is 0 Å². The molecule has 0 aliphatic rings. The highest BCUT2D eigenvalue weighted by Crippen LogP contribution is 2.19. The summed E-state index contributed by atoms with van der Waals surface area (Å²) in [4.78, 5) is 11.1. The highest BCUT2D eigenvalue weighted by atomic mass is 16.3. The van der Waals surface area contributed by atoms with E-state index in [1.807, 2.05) is 26.0 Å². The highest BCUT2D eigenvalue weighted by molar-refractivity contribution is 5.78. The van der Waals surface area contributed by atoms with Crippen LogP contribution in [0.25, 0.3) is 0 Å². The fraction of sp³-hybridized carbons (Fsp3) is 0.417. The van der Waals surface area contributed by atoms with E-state index in [1.54, 1.807) is 13.0 Å². The third-order valence-electron chi connectivity index (χ3n) is 2.50. The number of hydrogen-bond donors (Lipinski definition) is 1. The number of Topliss-reactive ketones (excluding diaryl/α,β-unsaturated/α-hetero) is 1. The van der Waals surface area contributed by atoms with Crippen molar-refractivity contribution < 1.29 is 9.90 Å². The summed E-state index contributed by atoms with van der Waals surface area (Å²) in [6.07, 6.45) is 0.746. The molecule has 0 aliphatic heterocycles. The Labute approximate surface area is 84.6 Å². The van der Waals surface area contributed by atoms with Crippen LogP contribution >= 0.6 is 0 Å². The number of ketones is 1. The molecule has 2 nitrogen and oxygen atoms in total. The molecule has 1 aromatic carbocycles. The topological polar surface area (TPSA) is 37.3 Å². The Kier molecular flexibility index (Phi) is 3.28. The van der Waals surface area contributed by atoms with Crippen LogP contribution in [0.2, 0.25) is 0 Å². The normalized spacial score (nSPS) is 12.5. The minimum atomic E-state index is 0.0546. The van der Waals surface area contributed by atoms with Crippen LogP contribution in [-0.2, 0) is 11.2 Å². The maximum Gasteiger partial charge on any atom is 0.132 e. The number of aromatic hydroxyl groups is 1. The molecule has 2 heteroatoms. The van der Waals surface area contributed by atoms with Crippen LogP contribution in [0.4, 0.5) is 0 Å². The maximum atomic E-state index is 11.1. The van der Waals surface area contributed by atoms with Crippen molar-refractivity contribution in [2.75, 3.05) is 0 Å². The molecule has 0 radical (unpaired) electrons. The average molecular weight is 192 g/mol. The largest absolute Gasteiger partial charge is 0.508 e. The van der Waals surface area contributed by atoms with Crippen molar-refractivity contribution in [1.29, 1.82) is 0 Å². The molecule has 14 heavy (non-hydrogen) atoms. The van der Waals surface area contributed by atoms with Crippen LogP contribution in [0.3, 0.4) is 0 Å². The van der Waals surface area contributed by atoms with Gasteiger partial charge in [-0.25, -0.2) is 0 Å². The molecule has 76 valence electrons. The summed E-state index contributed by atoms with van der Waals surface area (Å²) in [5.41, 5.74) is 1.96. The van der Waals surface area contributed by atoms with Gasteiger partial charge in [-0.2, -0.15) is 0 Å². The molecular formula is C12H16O2. The van der Waals surface area contributed by atoms with Crippen LogP contribution in [0.1, 0.15) is 25.0 Å². The maximum absolute atomic E-state index is 11.1. The number of phenols is 1. The Balaban J connectivity index is 2.78. The summed E-state index contributed by atoms with van der Waals surface area (Å²) in [5.74, 6) is 0.568. The van der Waals surface area contributed by atoms with Crippen LogP contribution in [0.5, 0.6) is 5.75 Å². The summed E-state index contributed by atoms with van der Waals surface area (Å²) >= 11 is 0. The summed E-state index contributed by atoms with van der Waals surface area (Å²) in [5, 5.41) is 9.32. The van der Waals surface area contributed by atoms with E-state index < -0.39 is 0 Å². The number of benzene rings is 1. The smallest absolute Gasteiger partial charge is 0.132 e. The van der Waals surface area contributed by atoms with Crippen LogP contribution in [-0.4, -0.2) is 10.9 Å². The number of carbonyl (C=O) groups excluding carboxylic acids is 1. The van der Waals surface area contributed by atoms with Crippen molar-refractivity contribution in [2.45, 2.75) is 27.2 Å². The van der Waals surface area contributed by atoms with Crippen molar-refractivity contribution >= 4 is 5.78 Å². The summed E-state index contributed by atoms with van der Waals surface area (Å²) in [7, 11) is 0. The molecular weight excluding hydrogens is 176 g/mol. The second-order valence-electron chi connectivity index (χ2n) is 3.84. The lowest BCUT2D eigenvalue weighted by molar-refractivity contribution is -0.120. The molecule has 1 atom stereocenters. The van der Waals surface area contributed by atoms with Crippen molar-refractivity contribution in [2.24, 2.45) is 5.92 Å². The zero-order valence-electron chi connectivity index (χ0n) is 8.87. The Bertz CT molecular complexity index is 342. The van der Waals surface area contributed by atoms with Crippen LogP contribution in [0, 0.1) is 12.8 Å². The standard InChI is InChI=1S/C12H16O2/c1-8(10(3)13)6-11-4-5-12(14)9(2)7-11/h4-5,7-8,14H,6H2,1-3H3/t8-/m0/s1. The van der Waals surface area contributed by atoms with Gasteiger partial charge in [0, 0.05) is 5.92 Å². The van der Waals surface area contributed by atoms with Gasteiger partial charge < -0.3 is 5.11 Å². The first-order valence-electron chi connectivity index (χ1n) is 4.79. The van der Waals surface area contributed by atoms with Gasteiger partial charge in [0.05, 0.1) is 0 Å². The van der Waals surface area contributed by atoms with Crippen molar-refractivity contribution in [3.8, 4) is 5.75 Å². The predicted octanol–water partition coefficient (Wildman–Crippen LogP) is 2.47. The summed E-state index contributed by atoms with van der Waals surface area (Å²) < 4.78 is 0. The van der Waals surface area contributed by atoms with E-state index in [-0.39, 0.29) is 11.7 Å². The first-order chi connectivity index (χ1) is 6.50. The zero-order valence-corrected chi connectivity index (χ0v) is 8.87. The fourth-order valence-corrected chi connectivity index (χ4v) is 1.34. The summed E-state index contributed by atoms with van der Waals surface area (Å²) in [6.45, 7) is 5.39. The number of carbonyl (C=O) groups is 1. The molecule has 0 saturated heterocycles. The minimum absolute atomic E-state index is 0.0546. The van der Waals surface area contributed by atoms with Gasteiger partial charge in [0.25, 0.3) is 0 Å². The lowest BCUT2D eigenvalue weighted by Gasteiger charge is -2.08. The lowest BCUT2D eigenvalue weighted by Crippen LogP contribution is -2.09. The number of phenolic OH excluding ortho intramolecular Hbond substituents is 1. The van der Waals surface area contributed by atoms with E-state index in [0.717, 1.165) is 17.5 Å². The Hall–Kier alpha value is -1.31. The fourth-order valence-electron chi connectivity index (χ4n) is 1.34. The molecule has 1 rings (SSSR count). The average Bonchev–Trinajstić information content (AvgIpc) is 2.11. The lowest BCUT2D eigenvalue weighted by atomic mass is 9.97. The van der Waals surface area contributed by atoms with Gasteiger partial charge in [-0.05, 0) is 37.5 Å². The highest BCUT2D eigenvalue weighted by Gasteiger charge is 2.08. The number of rotatable bonds is 3. The van der Waals surface area contributed by atoms with Crippen molar-refractivity contribution in [3.05, 3.63) is 29.3 Å². The van der Waals surface area contributed by atoms with E-state index >= 15 is 0 Å². The van der Waals surface area contributed by atoms with E-state index in [4.69, 9.17) is 0 Å². The van der Waals surface area contributed by atoms with E-state index in [2.05, 4.69) is 0 Å². The van der Waals surface area contributed by atoms with Crippen molar-refractivity contribution in [3.63, 3.8) is 0 Å². The van der Waals surface area contributed by atoms with Gasteiger partial charge in [0.1, 0.15) is 11.5 Å². The monoisotopic (exact) mass is 192 g/mol. The SMILES string of the molecule is CC(=O)[C@@H](C)Cc1ccc(O)c(C)c1.